The number of phenols is 2. The first-order valence-electron chi connectivity index (χ1n) is 6.47. The van der Waals surface area contributed by atoms with Crippen LogP contribution in [0.1, 0.15) is 22.8 Å². The van der Waals surface area contributed by atoms with Crippen molar-refractivity contribution in [1.29, 1.82) is 0 Å². The number of Topliss-reactive ketones (excluding diaryl/α,β-unsaturated/α-hetero) is 1. The molecule has 0 aromatic heterocycles. The molecular formula is C16H15ClO4. The van der Waals surface area contributed by atoms with Crippen molar-refractivity contribution >= 4 is 17.4 Å². The van der Waals surface area contributed by atoms with E-state index in [0.717, 1.165) is 0 Å². The molecule has 0 aliphatic rings. The fourth-order valence-corrected chi connectivity index (χ4v) is 2.09. The van der Waals surface area contributed by atoms with Crippen molar-refractivity contribution in [2.75, 3.05) is 6.61 Å². The number of rotatable bonds is 5. The molecule has 2 N–H and O–H groups in total. The Balaban J connectivity index is 2.13. The van der Waals surface area contributed by atoms with E-state index in [2.05, 4.69) is 0 Å². The van der Waals surface area contributed by atoms with Gasteiger partial charge in [-0.15, -0.1) is 0 Å². The van der Waals surface area contributed by atoms with Crippen LogP contribution < -0.4 is 4.74 Å². The molecule has 2 aromatic rings. The first-order chi connectivity index (χ1) is 10.0. The predicted molar refractivity (Wildman–Crippen MR) is 80.4 cm³/mol. The highest BCUT2D eigenvalue weighted by Gasteiger charge is 2.15. The Bertz CT molecular complexity index is 667. The Kier molecular flexibility index (Phi) is 4.70. The number of carbonyl (C=O) groups is 1. The van der Waals surface area contributed by atoms with Crippen LogP contribution in [0.2, 0.25) is 5.02 Å². The van der Waals surface area contributed by atoms with E-state index in [1.807, 2.05) is 6.92 Å². The van der Waals surface area contributed by atoms with E-state index in [-0.39, 0.29) is 29.5 Å². The molecule has 0 heterocycles. The second-order valence-corrected chi connectivity index (χ2v) is 4.96. The van der Waals surface area contributed by atoms with Gasteiger partial charge < -0.3 is 14.9 Å². The van der Waals surface area contributed by atoms with Crippen LogP contribution in [0.3, 0.4) is 0 Å². The Labute approximate surface area is 127 Å². The third kappa shape index (κ3) is 3.67. The van der Waals surface area contributed by atoms with Crippen LogP contribution in [-0.4, -0.2) is 22.6 Å². The van der Waals surface area contributed by atoms with Crippen molar-refractivity contribution in [2.24, 2.45) is 0 Å². The van der Waals surface area contributed by atoms with Gasteiger partial charge in [-0.3, -0.25) is 4.79 Å². The second-order valence-electron chi connectivity index (χ2n) is 4.52. The van der Waals surface area contributed by atoms with Crippen LogP contribution in [0.15, 0.2) is 36.4 Å². The molecular weight excluding hydrogens is 292 g/mol. The number of ether oxygens (including phenoxy) is 1. The number of hydrogen-bond acceptors (Lipinski definition) is 4. The van der Waals surface area contributed by atoms with E-state index in [1.165, 1.54) is 12.1 Å². The third-order valence-electron chi connectivity index (χ3n) is 3.04. The number of aromatic hydroxyl groups is 2. The number of phenolic OH excluding ortho intramolecular Hbond substituents is 2. The molecule has 0 amide bonds. The Morgan fingerprint density at radius 2 is 1.95 bits per heavy atom. The highest BCUT2D eigenvalue weighted by molar-refractivity contribution is 6.30. The predicted octanol–water partition coefficient (Wildman–Crippen LogP) is 3.58. The summed E-state index contributed by atoms with van der Waals surface area (Å²) in [4.78, 5) is 12.1. The lowest BCUT2D eigenvalue weighted by Gasteiger charge is -2.09. The van der Waals surface area contributed by atoms with Gasteiger partial charge in [0.1, 0.15) is 17.2 Å². The van der Waals surface area contributed by atoms with Gasteiger partial charge in [-0.05, 0) is 36.2 Å². The first-order valence-corrected chi connectivity index (χ1v) is 6.85. The molecule has 0 aliphatic heterocycles. The zero-order chi connectivity index (χ0) is 15.4. The zero-order valence-corrected chi connectivity index (χ0v) is 12.2. The molecule has 0 saturated heterocycles. The summed E-state index contributed by atoms with van der Waals surface area (Å²) in [6, 6.07) is 9.36. The van der Waals surface area contributed by atoms with Crippen molar-refractivity contribution in [2.45, 2.75) is 13.3 Å². The third-order valence-corrected chi connectivity index (χ3v) is 3.28. The maximum atomic E-state index is 12.1. The van der Waals surface area contributed by atoms with Crippen LogP contribution in [0, 0.1) is 0 Å². The molecule has 0 atom stereocenters. The van der Waals surface area contributed by atoms with E-state index in [4.69, 9.17) is 16.3 Å². The highest BCUT2D eigenvalue weighted by atomic mass is 35.5. The summed E-state index contributed by atoms with van der Waals surface area (Å²) in [7, 11) is 0. The molecule has 0 aliphatic carbocycles. The van der Waals surface area contributed by atoms with Gasteiger partial charge in [0.05, 0.1) is 5.56 Å². The molecule has 0 saturated carbocycles. The average molecular weight is 307 g/mol. The molecule has 4 nitrogen and oxygen atoms in total. The standard InChI is InChI=1S/C16H15ClO4/c1-2-10-6-13(15(19)8-14(10)18)16(20)9-21-12-5-3-4-11(17)7-12/h3-8,18-19H,2,9H2,1H3. The highest BCUT2D eigenvalue weighted by Crippen LogP contribution is 2.28. The van der Waals surface area contributed by atoms with E-state index in [9.17, 15) is 15.0 Å². The molecule has 0 spiro atoms. The lowest BCUT2D eigenvalue weighted by molar-refractivity contribution is 0.0918. The van der Waals surface area contributed by atoms with Crippen molar-refractivity contribution in [3.63, 3.8) is 0 Å². The quantitative estimate of drug-likeness (QED) is 0.829. The van der Waals surface area contributed by atoms with Gasteiger partial charge in [0.25, 0.3) is 0 Å². The maximum absolute atomic E-state index is 12.1. The van der Waals surface area contributed by atoms with Gasteiger partial charge in [0.15, 0.2) is 6.61 Å². The lowest BCUT2D eigenvalue weighted by atomic mass is 10.0. The van der Waals surface area contributed by atoms with E-state index < -0.39 is 0 Å². The Morgan fingerprint density at radius 1 is 1.19 bits per heavy atom. The normalized spacial score (nSPS) is 10.4. The molecule has 0 unspecified atom stereocenters. The molecule has 0 radical (unpaired) electrons. The molecule has 5 heteroatoms. The maximum Gasteiger partial charge on any atom is 0.203 e. The number of carbonyl (C=O) groups excluding carboxylic acids is 1. The van der Waals surface area contributed by atoms with Gasteiger partial charge >= 0.3 is 0 Å². The van der Waals surface area contributed by atoms with Crippen LogP contribution in [0.25, 0.3) is 0 Å². The van der Waals surface area contributed by atoms with Crippen molar-refractivity contribution < 1.29 is 19.7 Å². The van der Waals surface area contributed by atoms with E-state index in [1.54, 1.807) is 24.3 Å². The molecule has 2 aromatic carbocycles. The molecule has 0 bridgehead atoms. The molecule has 0 fully saturated rings. The fourth-order valence-electron chi connectivity index (χ4n) is 1.91. The van der Waals surface area contributed by atoms with Crippen LogP contribution in [0.5, 0.6) is 17.2 Å². The smallest absolute Gasteiger partial charge is 0.203 e. The monoisotopic (exact) mass is 306 g/mol. The second kappa shape index (κ2) is 6.50. The summed E-state index contributed by atoms with van der Waals surface area (Å²) >= 11 is 5.83. The van der Waals surface area contributed by atoms with Gasteiger partial charge in [0.2, 0.25) is 5.78 Å². The zero-order valence-electron chi connectivity index (χ0n) is 11.5. The molecule has 21 heavy (non-hydrogen) atoms. The summed E-state index contributed by atoms with van der Waals surface area (Å²) in [5.41, 5.74) is 0.727. The Hall–Kier alpha value is -2.20. The van der Waals surface area contributed by atoms with Crippen LogP contribution >= 0.6 is 11.6 Å². The van der Waals surface area contributed by atoms with E-state index >= 15 is 0 Å². The van der Waals surface area contributed by atoms with Crippen molar-refractivity contribution in [1.82, 2.24) is 0 Å². The number of hydrogen-bond donors (Lipinski definition) is 2. The van der Waals surface area contributed by atoms with Gasteiger partial charge in [-0.1, -0.05) is 24.6 Å². The first kappa shape index (κ1) is 15.2. The Morgan fingerprint density at radius 3 is 2.62 bits per heavy atom. The van der Waals surface area contributed by atoms with E-state index in [0.29, 0.717) is 22.8 Å². The summed E-state index contributed by atoms with van der Waals surface area (Å²) in [6.07, 6.45) is 0.557. The van der Waals surface area contributed by atoms with Gasteiger partial charge in [0, 0.05) is 11.1 Å². The topological polar surface area (TPSA) is 66.8 Å². The van der Waals surface area contributed by atoms with Crippen LogP contribution in [0.4, 0.5) is 0 Å². The fraction of sp³-hybridized carbons (Fsp3) is 0.188. The summed E-state index contributed by atoms with van der Waals surface area (Å²) in [5, 5.41) is 19.9. The van der Waals surface area contributed by atoms with Gasteiger partial charge in [-0.25, -0.2) is 0 Å². The average Bonchev–Trinajstić information content (AvgIpc) is 2.45. The number of halogens is 1. The largest absolute Gasteiger partial charge is 0.508 e. The summed E-state index contributed by atoms with van der Waals surface area (Å²) < 4.78 is 5.35. The van der Waals surface area contributed by atoms with Crippen LogP contribution in [-0.2, 0) is 6.42 Å². The summed E-state index contributed by atoms with van der Waals surface area (Å²) in [5.74, 6) is -0.182. The molecule has 2 rings (SSSR count). The minimum atomic E-state index is -0.373. The van der Waals surface area contributed by atoms with Crippen molar-refractivity contribution in [3.8, 4) is 17.2 Å². The lowest BCUT2D eigenvalue weighted by Crippen LogP contribution is -2.12. The van der Waals surface area contributed by atoms with Crippen molar-refractivity contribution in [3.05, 3.63) is 52.5 Å². The summed E-state index contributed by atoms with van der Waals surface area (Å²) in [6.45, 7) is 1.63. The number of aryl methyl sites for hydroxylation is 1. The molecule has 110 valence electrons. The SMILES string of the molecule is CCc1cc(C(=O)COc2cccc(Cl)c2)c(O)cc1O. The van der Waals surface area contributed by atoms with Gasteiger partial charge in [-0.2, -0.15) is 0 Å². The minimum Gasteiger partial charge on any atom is -0.508 e. The number of benzene rings is 2. The minimum absolute atomic E-state index is 0.0256. The number of ketones is 1.